The van der Waals surface area contributed by atoms with Crippen LogP contribution in [0.4, 0.5) is 0 Å². The van der Waals surface area contributed by atoms with Crippen molar-refractivity contribution >= 4 is 5.91 Å². The average molecular weight is 381 g/mol. The van der Waals surface area contributed by atoms with Gasteiger partial charge in [-0.15, -0.1) is 10.2 Å². The molecule has 7 heteroatoms. The number of nitrogens with zero attached hydrogens (tertiary/aromatic N) is 5. The molecule has 0 unspecified atom stereocenters. The normalized spacial score (nSPS) is 25.5. The largest absolute Gasteiger partial charge is 0.392 e. The van der Waals surface area contributed by atoms with Gasteiger partial charge >= 0.3 is 0 Å². The van der Waals surface area contributed by atoms with Crippen LogP contribution in [-0.4, -0.2) is 54.8 Å². The Labute approximate surface area is 165 Å². The lowest BCUT2D eigenvalue weighted by atomic mass is 9.84. The molecule has 1 saturated heterocycles. The molecule has 0 spiro atoms. The molecule has 1 aliphatic carbocycles. The zero-order valence-corrected chi connectivity index (χ0v) is 16.1. The van der Waals surface area contributed by atoms with Crippen molar-refractivity contribution in [2.75, 3.05) is 13.1 Å². The molecule has 7 nitrogen and oxygen atoms in total. The number of benzene rings is 1. The second-order valence-corrected chi connectivity index (χ2v) is 8.33. The first-order valence-electron chi connectivity index (χ1n) is 10.4. The Hall–Kier alpha value is -2.25. The molecule has 1 aromatic carbocycles. The third-order valence-corrected chi connectivity index (χ3v) is 6.46. The molecule has 0 radical (unpaired) electrons. The first-order valence-corrected chi connectivity index (χ1v) is 10.4. The van der Waals surface area contributed by atoms with Crippen LogP contribution in [0.25, 0.3) is 0 Å². The van der Waals surface area contributed by atoms with Crippen LogP contribution in [0.5, 0.6) is 0 Å². The fraction of sp³-hybridized carbons (Fsp3) is 0.571. The summed E-state index contributed by atoms with van der Waals surface area (Å²) in [6, 6.07) is 10.4. The highest BCUT2D eigenvalue weighted by Crippen LogP contribution is 2.34. The molecule has 28 heavy (non-hydrogen) atoms. The van der Waals surface area contributed by atoms with Crippen LogP contribution >= 0.6 is 0 Å². The van der Waals surface area contributed by atoms with Crippen LogP contribution in [-0.2, 0) is 24.4 Å². The molecule has 1 saturated carbocycles. The number of amides is 1. The lowest BCUT2D eigenvalue weighted by Gasteiger charge is -2.34. The van der Waals surface area contributed by atoms with E-state index in [0.717, 1.165) is 44.1 Å². The van der Waals surface area contributed by atoms with Gasteiger partial charge in [0.05, 0.1) is 18.7 Å². The maximum absolute atomic E-state index is 12.6. The van der Waals surface area contributed by atoms with Gasteiger partial charge in [-0.2, -0.15) is 0 Å². The van der Waals surface area contributed by atoms with Crippen molar-refractivity contribution in [2.45, 2.75) is 57.5 Å². The average Bonchev–Trinajstić information content (AvgIpc) is 3.23. The highest BCUT2D eigenvalue weighted by Gasteiger charge is 2.38. The second-order valence-electron chi connectivity index (χ2n) is 8.33. The Kier molecular flexibility index (Phi) is 4.64. The van der Waals surface area contributed by atoms with Crippen LogP contribution < -0.4 is 0 Å². The number of carbonyl (C=O) groups excluding carboxylic acids is 1. The lowest BCUT2D eigenvalue weighted by molar-refractivity contribution is -0.139. The molecule has 0 bridgehead atoms. The molecule has 2 fully saturated rings. The Morgan fingerprint density at radius 2 is 1.96 bits per heavy atom. The van der Waals surface area contributed by atoms with E-state index in [1.165, 1.54) is 12.0 Å². The molecule has 2 aromatic rings. The maximum Gasteiger partial charge on any atom is 0.226 e. The van der Waals surface area contributed by atoms with Crippen molar-refractivity contribution in [3.05, 3.63) is 47.5 Å². The third kappa shape index (κ3) is 3.22. The van der Waals surface area contributed by atoms with Gasteiger partial charge in [0.2, 0.25) is 5.91 Å². The molecular formula is C21H27N5O2. The molecular weight excluding hydrogens is 354 g/mol. The van der Waals surface area contributed by atoms with E-state index in [4.69, 9.17) is 0 Å². The molecule has 5 rings (SSSR count). The van der Waals surface area contributed by atoms with Crippen LogP contribution in [0.3, 0.4) is 0 Å². The molecule has 1 amide bonds. The number of likely N-dealkylation sites (tertiary alicyclic amines) is 1. The van der Waals surface area contributed by atoms with Gasteiger partial charge in [0, 0.05) is 32.1 Å². The van der Waals surface area contributed by atoms with Gasteiger partial charge in [-0.1, -0.05) is 36.8 Å². The van der Waals surface area contributed by atoms with Gasteiger partial charge in [0.25, 0.3) is 0 Å². The summed E-state index contributed by atoms with van der Waals surface area (Å²) in [6.45, 7) is 3.45. The highest BCUT2D eigenvalue weighted by atomic mass is 16.3. The van der Waals surface area contributed by atoms with Crippen molar-refractivity contribution < 1.29 is 9.90 Å². The minimum atomic E-state index is -0.345. The number of carbonyl (C=O) groups is 1. The number of β-amino-alcohol motifs (C(OH)–C–C–N with tert-alkyl or cyclic N) is 1. The molecule has 2 atom stereocenters. The van der Waals surface area contributed by atoms with Crippen molar-refractivity contribution in [3.63, 3.8) is 0 Å². The number of aliphatic hydroxyl groups excluding tert-OH is 1. The predicted octanol–water partition coefficient (Wildman–Crippen LogP) is 1.73. The van der Waals surface area contributed by atoms with Crippen LogP contribution in [0.1, 0.15) is 48.9 Å². The topological polar surface area (TPSA) is 74.5 Å². The SMILES string of the molecule is O=C(C1CCC1)N1CCn2c(nnc2[C@@H]2C[C@H](O)CN2Cc2ccccc2)C1. The van der Waals surface area contributed by atoms with E-state index in [1.54, 1.807) is 0 Å². The Morgan fingerprint density at radius 1 is 1.14 bits per heavy atom. The lowest BCUT2D eigenvalue weighted by Crippen LogP contribution is -2.43. The van der Waals surface area contributed by atoms with E-state index in [1.807, 2.05) is 23.1 Å². The van der Waals surface area contributed by atoms with Gasteiger partial charge in [0.1, 0.15) is 0 Å². The van der Waals surface area contributed by atoms with Crippen LogP contribution in [0.2, 0.25) is 0 Å². The molecule has 2 aliphatic heterocycles. The molecule has 1 N–H and O–H groups in total. The number of aromatic nitrogens is 3. The number of fused-ring (bicyclic) bond motifs is 1. The van der Waals surface area contributed by atoms with Gasteiger partial charge < -0.3 is 14.6 Å². The minimum Gasteiger partial charge on any atom is -0.392 e. The van der Waals surface area contributed by atoms with Gasteiger partial charge in [-0.05, 0) is 24.8 Å². The summed E-state index contributed by atoms with van der Waals surface area (Å²) in [5.74, 6) is 2.30. The summed E-state index contributed by atoms with van der Waals surface area (Å²) in [4.78, 5) is 16.8. The van der Waals surface area contributed by atoms with Gasteiger partial charge in [-0.3, -0.25) is 9.69 Å². The summed E-state index contributed by atoms with van der Waals surface area (Å²) in [5, 5.41) is 19.2. The molecule has 3 heterocycles. The van der Waals surface area contributed by atoms with Crippen molar-refractivity contribution in [2.24, 2.45) is 5.92 Å². The maximum atomic E-state index is 12.6. The standard InChI is InChI=1S/C21H27N5O2/c27-17-11-18(25(13-17)12-15-5-2-1-3-6-15)20-23-22-19-14-24(9-10-26(19)20)21(28)16-7-4-8-16/h1-3,5-6,16-18,27H,4,7-14H2/t17-,18-/m0/s1. The fourth-order valence-corrected chi connectivity index (χ4v) is 4.67. The van der Waals surface area contributed by atoms with E-state index in [9.17, 15) is 9.90 Å². The molecule has 3 aliphatic rings. The summed E-state index contributed by atoms with van der Waals surface area (Å²) < 4.78 is 2.17. The van der Waals surface area contributed by atoms with E-state index >= 15 is 0 Å². The quantitative estimate of drug-likeness (QED) is 0.873. The predicted molar refractivity (Wildman–Crippen MR) is 103 cm³/mol. The first-order chi connectivity index (χ1) is 13.7. The smallest absolute Gasteiger partial charge is 0.226 e. The summed E-state index contributed by atoms with van der Waals surface area (Å²) in [7, 11) is 0. The van der Waals surface area contributed by atoms with E-state index < -0.39 is 0 Å². The molecule has 148 valence electrons. The third-order valence-electron chi connectivity index (χ3n) is 6.46. The summed E-state index contributed by atoms with van der Waals surface area (Å²) >= 11 is 0. The Balaban J connectivity index is 1.34. The second kappa shape index (κ2) is 7.29. The number of hydrogen-bond donors (Lipinski definition) is 1. The minimum absolute atomic E-state index is 0.0605. The van der Waals surface area contributed by atoms with E-state index in [2.05, 4.69) is 31.8 Å². The van der Waals surface area contributed by atoms with E-state index in [-0.39, 0.29) is 24.0 Å². The van der Waals surface area contributed by atoms with Crippen molar-refractivity contribution in [1.29, 1.82) is 0 Å². The van der Waals surface area contributed by atoms with Crippen LogP contribution in [0.15, 0.2) is 30.3 Å². The Bertz CT molecular complexity index is 848. The zero-order valence-electron chi connectivity index (χ0n) is 16.1. The monoisotopic (exact) mass is 381 g/mol. The number of hydrogen-bond acceptors (Lipinski definition) is 5. The van der Waals surface area contributed by atoms with Gasteiger partial charge in [-0.25, -0.2) is 0 Å². The van der Waals surface area contributed by atoms with Crippen LogP contribution in [0, 0.1) is 5.92 Å². The molecule has 1 aromatic heterocycles. The fourth-order valence-electron chi connectivity index (χ4n) is 4.67. The highest BCUT2D eigenvalue weighted by molar-refractivity contribution is 5.79. The number of aliphatic hydroxyl groups is 1. The number of rotatable bonds is 4. The zero-order chi connectivity index (χ0) is 19.1. The van der Waals surface area contributed by atoms with E-state index in [0.29, 0.717) is 19.5 Å². The Morgan fingerprint density at radius 3 is 2.71 bits per heavy atom. The summed E-state index contributed by atoms with van der Waals surface area (Å²) in [6.07, 6.45) is 3.56. The van der Waals surface area contributed by atoms with Crippen molar-refractivity contribution in [1.82, 2.24) is 24.6 Å². The van der Waals surface area contributed by atoms with Crippen molar-refractivity contribution in [3.8, 4) is 0 Å². The summed E-state index contributed by atoms with van der Waals surface area (Å²) in [5.41, 5.74) is 1.23. The first kappa shape index (κ1) is 17.8. The van der Waals surface area contributed by atoms with Gasteiger partial charge in [0.15, 0.2) is 11.6 Å².